The zero-order chi connectivity index (χ0) is 26.3. The van der Waals surface area contributed by atoms with E-state index < -0.39 is 11.7 Å². The van der Waals surface area contributed by atoms with E-state index in [4.69, 9.17) is 9.47 Å². The molecule has 1 N–H and O–H groups in total. The van der Waals surface area contributed by atoms with Gasteiger partial charge in [0, 0.05) is 43.7 Å². The Morgan fingerprint density at radius 1 is 1.08 bits per heavy atom. The lowest BCUT2D eigenvalue weighted by Crippen LogP contribution is -2.35. The van der Waals surface area contributed by atoms with Crippen molar-refractivity contribution >= 4 is 22.9 Å². The Morgan fingerprint density at radius 3 is 2.54 bits per heavy atom. The van der Waals surface area contributed by atoms with Gasteiger partial charge < -0.3 is 19.7 Å². The molecule has 1 amide bonds. The SMILES string of the molecule is CN(C)Cc1cc2c(c(-c3cc4cc(CN5CCOCC5)ccc4n3C(=O)OC(C)(C)C)c1)C(=O)NC2. The smallest absolute Gasteiger partial charge is 0.419 e. The van der Waals surface area contributed by atoms with Crippen LogP contribution in [0.15, 0.2) is 36.4 Å². The molecule has 196 valence electrons. The number of carbonyl (C=O) groups excluding carboxylic acids is 2. The molecule has 0 saturated carbocycles. The minimum atomic E-state index is -0.659. The first-order valence-corrected chi connectivity index (χ1v) is 12.9. The fourth-order valence-corrected chi connectivity index (χ4v) is 5.18. The number of fused-ring (bicyclic) bond motifs is 2. The number of nitrogens with one attached hydrogen (secondary N) is 1. The quantitative estimate of drug-likeness (QED) is 0.561. The fraction of sp³-hybridized carbons (Fsp3) is 0.448. The minimum absolute atomic E-state index is 0.115. The molecule has 0 radical (unpaired) electrons. The summed E-state index contributed by atoms with van der Waals surface area (Å²) in [5, 5.41) is 3.90. The third-order valence-electron chi connectivity index (χ3n) is 6.67. The number of hydrogen-bond acceptors (Lipinski definition) is 6. The van der Waals surface area contributed by atoms with E-state index in [1.54, 1.807) is 4.57 Å². The largest absolute Gasteiger partial charge is 0.443 e. The van der Waals surface area contributed by atoms with Crippen molar-refractivity contribution in [3.63, 3.8) is 0 Å². The Hall–Kier alpha value is -3.20. The predicted molar refractivity (Wildman–Crippen MR) is 144 cm³/mol. The van der Waals surface area contributed by atoms with Crippen molar-refractivity contribution < 1.29 is 19.1 Å². The average Bonchev–Trinajstić information content (AvgIpc) is 3.38. The van der Waals surface area contributed by atoms with Gasteiger partial charge in [0.2, 0.25) is 0 Å². The Balaban J connectivity index is 1.66. The Labute approximate surface area is 218 Å². The van der Waals surface area contributed by atoms with Gasteiger partial charge in [-0.1, -0.05) is 12.1 Å². The number of aromatic nitrogens is 1. The molecule has 0 spiro atoms. The molecule has 37 heavy (non-hydrogen) atoms. The zero-order valence-electron chi connectivity index (χ0n) is 22.4. The van der Waals surface area contributed by atoms with E-state index >= 15 is 0 Å². The van der Waals surface area contributed by atoms with Crippen molar-refractivity contribution in [1.29, 1.82) is 0 Å². The number of hydrogen-bond donors (Lipinski definition) is 1. The Bertz CT molecular complexity index is 1350. The van der Waals surface area contributed by atoms with Gasteiger partial charge in [-0.2, -0.15) is 0 Å². The van der Waals surface area contributed by atoms with E-state index in [0.717, 1.165) is 67.0 Å². The van der Waals surface area contributed by atoms with Crippen molar-refractivity contribution in [3.05, 3.63) is 58.7 Å². The van der Waals surface area contributed by atoms with Crippen LogP contribution in [0.2, 0.25) is 0 Å². The van der Waals surface area contributed by atoms with Gasteiger partial charge in [0.1, 0.15) is 5.60 Å². The third kappa shape index (κ3) is 5.42. The maximum atomic E-state index is 13.6. The van der Waals surface area contributed by atoms with Crippen molar-refractivity contribution in [1.82, 2.24) is 19.7 Å². The molecule has 0 bridgehead atoms. The van der Waals surface area contributed by atoms with Gasteiger partial charge in [0.25, 0.3) is 5.91 Å². The van der Waals surface area contributed by atoms with Crippen LogP contribution in [0.4, 0.5) is 4.79 Å². The number of nitrogens with zero attached hydrogens (tertiary/aromatic N) is 3. The molecular weight excluding hydrogens is 468 g/mol. The Kier molecular flexibility index (Phi) is 6.83. The summed E-state index contributed by atoms with van der Waals surface area (Å²) >= 11 is 0. The number of amides is 1. The predicted octanol–water partition coefficient (Wildman–Crippen LogP) is 4.23. The molecule has 3 heterocycles. The summed E-state index contributed by atoms with van der Waals surface area (Å²) in [6, 6.07) is 12.3. The lowest BCUT2D eigenvalue weighted by molar-refractivity contribution is 0.0342. The first kappa shape index (κ1) is 25.4. The molecule has 1 fully saturated rings. The summed E-state index contributed by atoms with van der Waals surface area (Å²) in [4.78, 5) is 31.0. The van der Waals surface area contributed by atoms with Crippen LogP contribution in [0.3, 0.4) is 0 Å². The molecule has 5 rings (SSSR count). The standard InChI is InChI=1S/C29H36N4O4/c1-29(2,3)37-28(35)33-24-7-6-19(18-32-8-10-36-11-9-32)12-21(24)15-25(33)23-14-20(17-31(4)5)13-22-16-30-27(34)26(22)23/h6-7,12-15H,8-11,16-18H2,1-5H3,(H,30,34). The minimum Gasteiger partial charge on any atom is -0.443 e. The second-order valence-corrected chi connectivity index (χ2v) is 11.2. The summed E-state index contributed by atoms with van der Waals surface area (Å²) in [6.07, 6.45) is -0.455. The molecule has 3 aromatic rings. The van der Waals surface area contributed by atoms with Gasteiger partial charge in [-0.3, -0.25) is 9.69 Å². The first-order chi connectivity index (χ1) is 17.6. The van der Waals surface area contributed by atoms with Crippen LogP contribution in [0.5, 0.6) is 0 Å². The van der Waals surface area contributed by atoms with E-state index in [0.29, 0.717) is 17.8 Å². The number of benzene rings is 2. The maximum Gasteiger partial charge on any atom is 0.419 e. The number of ether oxygens (including phenoxy) is 2. The number of morpholine rings is 1. The molecule has 2 aromatic carbocycles. The average molecular weight is 505 g/mol. The first-order valence-electron chi connectivity index (χ1n) is 12.9. The van der Waals surface area contributed by atoms with Gasteiger partial charge in [-0.15, -0.1) is 0 Å². The van der Waals surface area contributed by atoms with Crippen LogP contribution in [-0.2, 0) is 29.1 Å². The molecule has 0 aliphatic carbocycles. The Morgan fingerprint density at radius 2 is 1.84 bits per heavy atom. The van der Waals surface area contributed by atoms with Crippen LogP contribution in [-0.4, -0.2) is 72.4 Å². The topological polar surface area (TPSA) is 76.0 Å². The molecule has 0 unspecified atom stereocenters. The molecule has 1 aromatic heterocycles. The number of carbonyl (C=O) groups is 2. The summed E-state index contributed by atoms with van der Waals surface area (Å²) in [7, 11) is 4.04. The monoisotopic (exact) mass is 504 g/mol. The lowest BCUT2D eigenvalue weighted by Gasteiger charge is -2.26. The summed E-state index contributed by atoms with van der Waals surface area (Å²) in [6.45, 7) is 10.9. The van der Waals surface area contributed by atoms with E-state index in [9.17, 15) is 9.59 Å². The van der Waals surface area contributed by atoms with Crippen LogP contribution in [0, 0.1) is 0 Å². The normalized spacial score (nSPS) is 16.3. The molecular formula is C29H36N4O4. The lowest BCUT2D eigenvalue weighted by atomic mass is 9.96. The van der Waals surface area contributed by atoms with Crippen molar-refractivity contribution in [3.8, 4) is 11.3 Å². The highest BCUT2D eigenvalue weighted by atomic mass is 16.6. The van der Waals surface area contributed by atoms with Crippen LogP contribution < -0.4 is 5.32 Å². The molecule has 2 aliphatic heterocycles. The summed E-state index contributed by atoms with van der Waals surface area (Å²) in [5.41, 5.74) is 5.36. The van der Waals surface area contributed by atoms with Gasteiger partial charge in [0.05, 0.1) is 30.0 Å². The second kappa shape index (κ2) is 9.93. The van der Waals surface area contributed by atoms with Gasteiger partial charge in [-0.25, -0.2) is 9.36 Å². The van der Waals surface area contributed by atoms with Gasteiger partial charge >= 0.3 is 6.09 Å². The van der Waals surface area contributed by atoms with E-state index in [1.807, 2.05) is 53.1 Å². The van der Waals surface area contributed by atoms with Crippen LogP contribution in [0.1, 0.15) is 47.8 Å². The van der Waals surface area contributed by atoms with Crippen molar-refractivity contribution in [2.75, 3.05) is 40.4 Å². The highest BCUT2D eigenvalue weighted by Gasteiger charge is 2.29. The van der Waals surface area contributed by atoms with E-state index in [-0.39, 0.29) is 5.91 Å². The van der Waals surface area contributed by atoms with Gasteiger partial charge in [0.15, 0.2) is 0 Å². The van der Waals surface area contributed by atoms with E-state index in [2.05, 4.69) is 33.3 Å². The van der Waals surface area contributed by atoms with Gasteiger partial charge in [-0.05, 0) is 75.8 Å². The summed E-state index contributed by atoms with van der Waals surface area (Å²) < 4.78 is 13.0. The highest BCUT2D eigenvalue weighted by Crippen LogP contribution is 2.36. The highest BCUT2D eigenvalue weighted by molar-refractivity contribution is 6.07. The van der Waals surface area contributed by atoms with E-state index in [1.165, 1.54) is 5.56 Å². The van der Waals surface area contributed by atoms with Crippen molar-refractivity contribution in [2.45, 2.75) is 46.0 Å². The van der Waals surface area contributed by atoms with Crippen LogP contribution in [0.25, 0.3) is 22.2 Å². The second-order valence-electron chi connectivity index (χ2n) is 11.2. The molecule has 2 aliphatic rings. The summed E-state index contributed by atoms with van der Waals surface area (Å²) in [5.74, 6) is -0.115. The number of rotatable bonds is 5. The zero-order valence-corrected chi connectivity index (χ0v) is 22.4. The van der Waals surface area contributed by atoms with Crippen molar-refractivity contribution in [2.24, 2.45) is 0 Å². The fourth-order valence-electron chi connectivity index (χ4n) is 5.18. The molecule has 8 nitrogen and oxygen atoms in total. The molecule has 1 saturated heterocycles. The molecule has 8 heteroatoms. The van der Waals surface area contributed by atoms with Crippen LogP contribution >= 0.6 is 0 Å². The maximum absolute atomic E-state index is 13.6. The molecule has 0 atom stereocenters. The third-order valence-corrected chi connectivity index (χ3v) is 6.67.